The molecular weight excluding hydrogens is 226 g/mol. The minimum atomic E-state index is 0.485. The standard InChI is InChI=1S/C15H23NO2/c1-2-10-17-12(4-1)7-9-16-14-5-3-6-15-13(14)8-11-18-15/h8,11-12,14,16H,1-7,9-10H2. The van der Waals surface area contributed by atoms with Crippen LogP contribution in [0.2, 0.25) is 0 Å². The van der Waals surface area contributed by atoms with E-state index in [9.17, 15) is 0 Å². The zero-order valence-corrected chi connectivity index (χ0v) is 11.0. The molecule has 1 fully saturated rings. The first kappa shape index (κ1) is 12.2. The molecule has 0 saturated carbocycles. The van der Waals surface area contributed by atoms with E-state index in [2.05, 4.69) is 11.4 Å². The maximum absolute atomic E-state index is 5.76. The highest BCUT2D eigenvalue weighted by Gasteiger charge is 2.22. The summed E-state index contributed by atoms with van der Waals surface area (Å²) in [4.78, 5) is 0. The van der Waals surface area contributed by atoms with Crippen molar-refractivity contribution in [3.05, 3.63) is 23.7 Å². The minimum Gasteiger partial charge on any atom is -0.469 e. The summed E-state index contributed by atoms with van der Waals surface area (Å²) in [5.74, 6) is 1.19. The average Bonchev–Trinajstić information content (AvgIpc) is 2.89. The Bertz CT molecular complexity index is 368. The molecule has 1 aromatic heterocycles. The van der Waals surface area contributed by atoms with Crippen LogP contribution in [-0.4, -0.2) is 19.3 Å². The maximum Gasteiger partial charge on any atom is 0.108 e. The monoisotopic (exact) mass is 249 g/mol. The van der Waals surface area contributed by atoms with E-state index in [-0.39, 0.29) is 0 Å². The van der Waals surface area contributed by atoms with Crippen molar-refractivity contribution < 1.29 is 9.15 Å². The minimum absolute atomic E-state index is 0.485. The van der Waals surface area contributed by atoms with E-state index in [1.54, 1.807) is 0 Å². The van der Waals surface area contributed by atoms with Crippen molar-refractivity contribution in [3.8, 4) is 0 Å². The van der Waals surface area contributed by atoms with Crippen molar-refractivity contribution in [1.82, 2.24) is 5.32 Å². The molecule has 1 aliphatic carbocycles. The Labute approximate surface area is 109 Å². The molecule has 0 bridgehead atoms. The number of ether oxygens (including phenoxy) is 1. The molecule has 1 N–H and O–H groups in total. The second kappa shape index (κ2) is 5.89. The van der Waals surface area contributed by atoms with Crippen LogP contribution in [0.1, 0.15) is 55.9 Å². The van der Waals surface area contributed by atoms with Gasteiger partial charge in [-0.1, -0.05) is 0 Å². The van der Waals surface area contributed by atoms with Gasteiger partial charge in [0.15, 0.2) is 0 Å². The molecule has 2 atom stereocenters. The van der Waals surface area contributed by atoms with Crippen molar-refractivity contribution in [2.24, 2.45) is 0 Å². The summed E-state index contributed by atoms with van der Waals surface area (Å²) < 4.78 is 11.3. The van der Waals surface area contributed by atoms with Gasteiger partial charge in [-0.2, -0.15) is 0 Å². The summed E-state index contributed by atoms with van der Waals surface area (Å²) in [5, 5.41) is 3.67. The van der Waals surface area contributed by atoms with E-state index in [0.717, 1.165) is 26.0 Å². The molecule has 2 heterocycles. The topological polar surface area (TPSA) is 34.4 Å². The Kier molecular flexibility index (Phi) is 4.01. The number of furan rings is 1. The lowest BCUT2D eigenvalue weighted by Gasteiger charge is -2.26. The van der Waals surface area contributed by atoms with Crippen LogP contribution in [-0.2, 0) is 11.2 Å². The lowest BCUT2D eigenvalue weighted by atomic mass is 9.93. The third-order valence-electron chi connectivity index (χ3n) is 4.18. The third-order valence-corrected chi connectivity index (χ3v) is 4.18. The van der Waals surface area contributed by atoms with Crippen LogP contribution in [0.5, 0.6) is 0 Å². The SMILES string of the molecule is c1cc2c(o1)CCCC2NCCC1CCCCO1. The molecule has 3 rings (SSSR count). The largest absolute Gasteiger partial charge is 0.469 e. The highest BCUT2D eigenvalue weighted by molar-refractivity contribution is 5.23. The number of hydrogen-bond donors (Lipinski definition) is 1. The Morgan fingerprint density at radius 1 is 1.22 bits per heavy atom. The Balaban J connectivity index is 1.46. The molecule has 0 spiro atoms. The maximum atomic E-state index is 5.76. The predicted molar refractivity (Wildman–Crippen MR) is 70.6 cm³/mol. The molecule has 18 heavy (non-hydrogen) atoms. The first-order valence-electron chi connectivity index (χ1n) is 7.35. The summed E-state index contributed by atoms with van der Waals surface area (Å²) in [6.45, 7) is 2.01. The van der Waals surface area contributed by atoms with E-state index < -0.39 is 0 Å². The number of fused-ring (bicyclic) bond motifs is 1. The molecule has 1 aliphatic heterocycles. The van der Waals surface area contributed by atoms with Gasteiger partial charge in [-0.15, -0.1) is 0 Å². The van der Waals surface area contributed by atoms with Gasteiger partial charge < -0.3 is 14.5 Å². The van der Waals surface area contributed by atoms with Gasteiger partial charge in [0.1, 0.15) is 5.76 Å². The lowest BCUT2D eigenvalue weighted by molar-refractivity contribution is 0.0111. The van der Waals surface area contributed by atoms with Crippen molar-refractivity contribution in [2.75, 3.05) is 13.2 Å². The molecule has 1 aromatic rings. The van der Waals surface area contributed by atoms with Gasteiger partial charge in [-0.25, -0.2) is 0 Å². The van der Waals surface area contributed by atoms with Gasteiger partial charge in [-0.3, -0.25) is 0 Å². The molecule has 3 nitrogen and oxygen atoms in total. The molecule has 2 aliphatic rings. The molecule has 0 aromatic carbocycles. The first-order valence-corrected chi connectivity index (χ1v) is 7.35. The molecule has 1 saturated heterocycles. The lowest BCUT2D eigenvalue weighted by Crippen LogP contribution is -2.29. The van der Waals surface area contributed by atoms with Gasteiger partial charge in [0.25, 0.3) is 0 Å². The molecule has 0 radical (unpaired) electrons. The first-order chi connectivity index (χ1) is 8.93. The van der Waals surface area contributed by atoms with Crippen molar-refractivity contribution in [3.63, 3.8) is 0 Å². The second-order valence-electron chi connectivity index (χ2n) is 5.48. The fraction of sp³-hybridized carbons (Fsp3) is 0.733. The van der Waals surface area contributed by atoms with Crippen LogP contribution >= 0.6 is 0 Å². The predicted octanol–water partition coefficient (Wildman–Crippen LogP) is 3.21. The van der Waals surface area contributed by atoms with E-state index >= 15 is 0 Å². The normalized spacial score (nSPS) is 28.0. The zero-order chi connectivity index (χ0) is 12.2. The summed E-state index contributed by atoms with van der Waals surface area (Å²) >= 11 is 0. The fourth-order valence-electron chi connectivity index (χ4n) is 3.15. The van der Waals surface area contributed by atoms with E-state index in [1.165, 1.54) is 43.4 Å². The average molecular weight is 249 g/mol. The fourth-order valence-corrected chi connectivity index (χ4v) is 3.15. The molecule has 0 amide bonds. The van der Waals surface area contributed by atoms with Crippen LogP contribution in [0.4, 0.5) is 0 Å². The van der Waals surface area contributed by atoms with Crippen molar-refractivity contribution in [2.45, 2.75) is 57.1 Å². The van der Waals surface area contributed by atoms with Gasteiger partial charge in [0, 0.05) is 24.6 Å². The highest BCUT2D eigenvalue weighted by Crippen LogP contribution is 2.30. The third kappa shape index (κ3) is 2.78. The van der Waals surface area contributed by atoms with Crippen LogP contribution in [0.3, 0.4) is 0 Å². The van der Waals surface area contributed by atoms with Crippen LogP contribution < -0.4 is 5.32 Å². The number of rotatable bonds is 4. The van der Waals surface area contributed by atoms with Crippen LogP contribution in [0.25, 0.3) is 0 Å². The van der Waals surface area contributed by atoms with Crippen LogP contribution in [0, 0.1) is 0 Å². The molecule has 3 heteroatoms. The number of aryl methyl sites for hydroxylation is 1. The summed E-state index contributed by atoms with van der Waals surface area (Å²) in [5.41, 5.74) is 1.38. The number of hydrogen-bond acceptors (Lipinski definition) is 3. The van der Waals surface area contributed by atoms with Gasteiger partial charge in [0.05, 0.1) is 12.4 Å². The molecule has 2 unspecified atom stereocenters. The van der Waals surface area contributed by atoms with Crippen molar-refractivity contribution >= 4 is 0 Å². The summed E-state index contributed by atoms with van der Waals surface area (Å²) in [6, 6.07) is 2.62. The Hall–Kier alpha value is -0.800. The Morgan fingerprint density at radius 2 is 2.22 bits per heavy atom. The van der Waals surface area contributed by atoms with E-state index in [0.29, 0.717) is 12.1 Å². The smallest absolute Gasteiger partial charge is 0.108 e. The van der Waals surface area contributed by atoms with E-state index in [1.807, 2.05) is 6.26 Å². The highest BCUT2D eigenvalue weighted by atomic mass is 16.5. The molecular formula is C15H23NO2. The van der Waals surface area contributed by atoms with Gasteiger partial charge in [0.2, 0.25) is 0 Å². The number of nitrogens with one attached hydrogen (secondary N) is 1. The molecule has 100 valence electrons. The Morgan fingerprint density at radius 3 is 3.11 bits per heavy atom. The quantitative estimate of drug-likeness (QED) is 0.889. The van der Waals surface area contributed by atoms with Gasteiger partial charge in [-0.05, 0) is 51.1 Å². The summed E-state index contributed by atoms with van der Waals surface area (Å²) in [7, 11) is 0. The van der Waals surface area contributed by atoms with Crippen LogP contribution in [0.15, 0.2) is 16.7 Å². The second-order valence-corrected chi connectivity index (χ2v) is 5.48. The summed E-state index contributed by atoms with van der Waals surface area (Å²) in [6.07, 6.45) is 10.8. The zero-order valence-electron chi connectivity index (χ0n) is 11.0. The van der Waals surface area contributed by atoms with Crippen molar-refractivity contribution in [1.29, 1.82) is 0 Å². The van der Waals surface area contributed by atoms with E-state index in [4.69, 9.17) is 9.15 Å². The van der Waals surface area contributed by atoms with Gasteiger partial charge >= 0.3 is 0 Å².